The zero-order valence-electron chi connectivity index (χ0n) is 12.2. The van der Waals surface area contributed by atoms with Crippen LogP contribution in [0.2, 0.25) is 0 Å². The van der Waals surface area contributed by atoms with Crippen molar-refractivity contribution in [1.29, 1.82) is 0 Å². The number of aryl methyl sites for hydroxylation is 1. The number of ether oxygens (including phenoxy) is 1. The second-order valence-corrected chi connectivity index (χ2v) is 4.91. The minimum Gasteiger partial charge on any atom is -0.385 e. The predicted molar refractivity (Wildman–Crippen MR) is 77.9 cm³/mol. The van der Waals surface area contributed by atoms with Crippen LogP contribution >= 0.6 is 0 Å². The van der Waals surface area contributed by atoms with Gasteiger partial charge in [0.05, 0.1) is 0 Å². The molecule has 2 nitrogen and oxygen atoms in total. The molecule has 0 aliphatic rings. The van der Waals surface area contributed by atoms with Gasteiger partial charge in [0, 0.05) is 25.8 Å². The lowest BCUT2D eigenvalue weighted by molar-refractivity contribution is 0.182. The lowest BCUT2D eigenvalue weighted by Crippen LogP contribution is -2.31. The molecule has 102 valence electrons. The van der Waals surface area contributed by atoms with Crippen LogP contribution in [0.1, 0.15) is 50.8 Å². The molecule has 1 aromatic carbocycles. The van der Waals surface area contributed by atoms with Crippen LogP contribution in [0.25, 0.3) is 0 Å². The fourth-order valence-corrected chi connectivity index (χ4v) is 2.16. The topological polar surface area (TPSA) is 21.3 Å². The average Bonchev–Trinajstić information content (AvgIpc) is 2.42. The maximum Gasteiger partial charge on any atom is 0.0476 e. The van der Waals surface area contributed by atoms with E-state index in [1.165, 1.54) is 11.1 Å². The maximum atomic E-state index is 5.12. The Hall–Kier alpha value is -0.860. The fraction of sp³-hybridized carbons (Fsp3) is 0.625. The summed E-state index contributed by atoms with van der Waals surface area (Å²) in [6, 6.07) is 9.91. The SMILES string of the molecule is CCc1ccc(C(CC)NC(C)CCOC)cc1. The number of hydrogen-bond donors (Lipinski definition) is 1. The monoisotopic (exact) mass is 249 g/mol. The second kappa shape index (κ2) is 8.28. The third kappa shape index (κ3) is 4.79. The van der Waals surface area contributed by atoms with Crippen molar-refractivity contribution in [2.75, 3.05) is 13.7 Å². The van der Waals surface area contributed by atoms with Crippen molar-refractivity contribution in [3.8, 4) is 0 Å². The Morgan fingerprint density at radius 2 is 1.83 bits per heavy atom. The molecule has 0 fully saturated rings. The molecule has 1 rings (SSSR count). The van der Waals surface area contributed by atoms with Crippen LogP contribution in [0.4, 0.5) is 0 Å². The Kier molecular flexibility index (Phi) is 6.99. The van der Waals surface area contributed by atoms with Gasteiger partial charge >= 0.3 is 0 Å². The molecule has 2 atom stereocenters. The molecule has 0 saturated heterocycles. The highest BCUT2D eigenvalue weighted by molar-refractivity contribution is 5.25. The quantitative estimate of drug-likeness (QED) is 0.758. The number of benzene rings is 1. The highest BCUT2D eigenvalue weighted by Crippen LogP contribution is 2.18. The normalized spacial score (nSPS) is 14.4. The van der Waals surface area contributed by atoms with Gasteiger partial charge in [-0.05, 0) is 37.3 Å². The Bertz CT molecular complexity index is 320. The van der Waals surface area contributed by atoms with Crippen molar-refractivity contribution in [2.24, 2.45) is 0 Å². The van der Waals surface area contributed by atoms with Gasteiger partial charge in [-0.1, -0.05) is 38.1 Å². The number of rotatable bonds is 8. The summed E-state index contributed by atoms with van der Waals surface area (Å²) in [7, 11) is 1.76. The molecule has 18 heavy (non-hydrogen) atoms. The average molecular weight is 249 g/mol. The molecule has 0 aliphatic carbocycles. The van der Waals surface area contributed by atoms with Crippen LogP contribution in [0, 0.1) is 0 Å². The molecule has 2 unspecified atom stereocenters. The number of hydrogen-bond acceptors (Lipinski definition) is 2. The van der Waals surface area contributed by atoms with Gasteiger partial charge in [0.2, 0.25) is 0 Å². The van der Waals surface area contributed by atoms with Crippen molar-refractivity contribution in [2.45, 2.75) is 52.1 Å². The molecule has 0 spiro atoms. The zero-order chi connectivity index (χ0) is 13.4. The van der Waals surface area contributed by atoms with E-state index in [2.05, 4.69) is 50.4 Å². The molecule has 0 heterocycles. The van der Waals surface area contributed by atoms with Gasteiger partial charge in [-0.2, -0.15) is 0 Å². The Labute approximate surface area is 112 Å². The van der Waals surface area contributed by atoms with Gasteiger partial charge in [-0.15, -0.1) is 0 Å². The van der Waals surface area contributed by atoms with Crippen LogP contribution in [-0.2, 0) is 11.2 Å². The van der Waals surface area contributed by atoms with E-state index in [-0.39, 0.29) is 0 Å². The van der Waals surface area contributed by atoms with Gasteiger partial charge in [0.25, 0.3) is 0 Å². The Balaban J connectivity index is 2.58. The second-order valence-electron chi connectivity index (χ2n) is 4.91. The summed E-state index contributed by atoms with van der Waals surface area (Å²) in [4.78, 5) is 0. The molecule has 0 aromatic heterocycles. The summed E-state index contributed by atoms with van der Waals surface area (Å²) >= 11 is 0. The number of nitrogens with one attached hydrogen (secondary N) is 1. The first-order chi connectivity index (χ1) is 8.71. The summed E-state index contributed by atoms with van der Waals surface area (Å²) in [5.74, 6) is 0. The van der Waals surface area contributed by atoms with E-state index >= 15 is 0 Å². The molecule has 1 N–H and O–H groups in total. The van der Waals surface area contributed by atoms with Crippen molar-refractivity contribution >= 4 is 0 Å². The summed E-state index contributed by atoms with van der Waals surface area (Å²) in [6.45, 7) is 7.47. The third-order valence-corrected chi connectivity index (χ3v) is 3.44. The zero-order valence-corrected chi connectivity index (χ0v) is 12.2. The van der Waals surface area contributed by atoms with Crippen LogP contribution in [0.15, 0.2) is 24.3 Å². The molecule has 1 aromatic rings. The highest BCUT2D eigenvalue weighted by Gasteiger charge is 2.12. The third-order valence-electron chi connectivity index (χ3n) is 3.44. The van der Waals surface area contributed by atoms with Crippen molar-refractivity contribution in [3.63, 3.8) is 0 Å². The van der Waals surface area contributed by atoms with Crippen LogP contribution in [0.5, 0.6) is 0 Å². The molecule has 0 aliphatic heterocycles. The first kappa shape index (κ1) is 15.2. The Morgan fingerprint density at radius 1 is 1.17 bits per heavy atom. The summed E-state index contributed by atoms with van der Waals surface area (Å²) < 4.78 is 5.12. The molecule has 0 amide bonds. The molecule has 0 saturated carbocycles. The minimum absolute atomic E-state index is 0.447. The Morgan fingerprint density at radius 3 is 2.33 bits per heavy atom. The summed E-state index contributed by atoms with van der Waals surface area (Å²) in [5.41, 5.74) is 2.79. The van der Waals surface area contributed by atoms with Gasteiger partial charge in [-0.3, -0.25) is 0 Å². The van der Waals surface area contributed by atoms with E-state index in [1.807, 2.05) is 0 Å². The molecular weight excluding hydrogens is 222 g/mol. The molecule has 2 heteroatoms. The largest absolute Gasteiger partial charge is 0.385 e. The molecular formula is C16H27NO. The first-order valence-corrected chi connectivity index (χ1v) is 7.05. The molecule has 0 radical (unpaired) electrons. The van der Waals surface area contributed by atoms with E-state index in [4.69, 9.17) is 4.74 Å². The molecule has 0 bridgehead atoms. The van der Waals surface area contributed by atoms with Gasteiger partial charge in [0.1, 0.15) is 0 Å². The van der Waals surface area contributed by atoms with Gasteiger partial charge in [0.15, 0.2) is 0 Å². The predicted octanol–water partition coefficient (Wildman–Crippen LogP) is 3.71. The lowest BCUT2D eigenvalue weighted by Gasteiger charge is -2.22. The first-order valence-electron chi connectivity index (χ1n) is 7.05. The van der Waals surface area contributed by atoms with Crippen LogP contribution in [0.3, 0.4) is 0 Å². The van der Waals surface area contributed by atoms with Crippen molar-refractivity contribution < 1.29 is 4.74 Å². The fourth-order valence-electron chi connectivity index (χ4n) is 2.16. The van der Waals surface area contributed by atoms with E-state index in [1.54, 1.807) is 7.11 Å². The summed E-state index contributed by atoms with van der Waals surface area (Å²) in [6.07, 6.45) is 3.28. The van der Waals surface area contributed by atoms with Crippen LogP contribution < -0.4 is 5.32 Å². The highest BCUT2D eigenvalue weighted by atomic mass is 16.5. The van der Waals surface area contributed by atoms with Gasteiger partial charge in [-0.25, -0.2) is 0 Å². The number of methoxy groups -OCH3 is 1. The van der Waals surface area contributed by atoms with E-state index in [0.717, 1.165) is 25.9 Å². The standard InChI is InChI=1S/C16H27NO/c1-5-14-7-9-15(10-8-14)16(6-2)17-13(3)11-12-18-4/h7-10,13,16-17H,5-6,11-12H2,1-4H3. The minimum atomic E-state index is 0.447. The maximum absolute atomic E-state index is 5.12. The van der Waals surface area contributed by atoms with Crippen molar-refractivity contribution in [1.82, 2.24) is 5.32 Å². The summed E-state index contributed by atoms with van der Waals surface area (Å²) in [5, 5.41) is 3.68. The van der Waals surface area contributed by atoms with Gasteiger partial charge < -0.3 is 10.1 Å². The van der Waals surface area contributed by atoms with Crippen LogP contribution in [-0.4, -0.2) is 19.8 Å². The van der Waals surface area contributed by atoms with Crippen molar-refractivity contribution in [3.05, 3.63) is 35.4 Å². The lowest BCUT2D eigenvalue weighted by atomic mass is 10.0. The van der Waals surface area contributed by atoms with E-state index in [9.17, 15) is 0 Å². The smallest absolute Gasteiger partial charge is 0.0476 e. The van der Waals surface area contributed by atoms with E-state index < -0.39 is 0 Å². The van der Waals surface area contributed by atoms with E-state index in [0.29, 0.717) is 12.1 Å².